The number of nitriles is 1. The summed E-state index contributed by atoms with van der Waals surface area (Å²) >= 11 is 6.55. The minimum atomic E-state index is -0.492. The predicted molar refractivity (Wildman–Crippen MR) is 129 cm³/mol. The van der Waals surface area contributed by atoms with Gasteiger partial charge < -0.3 is 8.98 Å². The number of hydrogen-bond acceptors (Lipinski definition) is 4. The fourth-order valence-corrected chi connectivity index (χ4v) is 4.09. The first-order chi connectivity index (χ1) is 15.9. The summed E-state index contributed by atoms with van der Waals surface area (Å²) in [6.07, 6.45) is 1.98. The third kappa shape index (κ3) is 3.75. The van der Waals surface area contributed by atoms with Crippen LogP contribution in [0.15, 0.2) is 82.1 Å². The number of anilines is 1. The molecule has 6 nitrogen and oxygen atoms in total. The number of nitrogens with one attached hydrogen (secondary N) is 1. The quantitative estimate of drug-likeness (QED) is 0.378. The SMILES string of the molecule is Cn1ccc2cc(-c3cc4c(=O)cc(NC(=O)c5cccc(C#N)c5)oc4cc3Cl)ccc21. The molecule has 0 radical (unpaired) electrons. The molecule has 1 amide bonds. The number of halogens is 1. The molecule has 0 saturated carbocycles. The zero-order chi connectivity index (χ0) is 23.1. The molecule has 0 spiro atoms. The van der Waals surface area contributed by atoms with Crippen LogP contribution in [0.4, 0.5) is 5.88 Å². The standard InChI is InChI=1S/C26H16ClN3O3/c1-30-8-7-17-10-16(5-6-22(17)30)19-11-20-23(31)13-25(33-24(20)12-21(19)27)29-26(32)18-4-2-3-15(9-18)14-28/h2-13H,1H3,(H,29,32). The van der Waals surface area contributed by atoms with Gasteiger partial charge in [-0.25, -0.2) is 0 Å². The number of fused-ring (bicyclic) bond motifs is 2. The molecule has 0 aliphatic heterocycles. The van der Waals surface area contributed by atoms with Crippen molar-refractivity contribution in [2.75, 3.05) is 5.32 Å². The molecule has 0 fully saturated rings. The Kier molecular flexibility index (Phi) is 4.97. The Morgan fingerprint density at radius 3 is 2.76 bits per heavy atom. The van der Waals surface area contributed by atoms with Gasteiger partial charge in [0, 0.05) is 47.4 Å². The van der Waals surface area contributed by atoms with Crippen molar-refractivity contribution in [2.45, 2.75) is 0 Å². The number of hydrogen-bond donors (Lipinski definition) is 1. The number of aromatic nitrogens is 1. The lowest BCUT2D eigenvalue weighted by molar-refractivity contribution is 0.102. The molecule has 1 N–H and O–H groups in total. The lowest BCUT2D eigenvalue weighted by atomic mass is 10.0. The van der Waals surface area contributed by atoms with Gasteiger partial charge in [-0.3, -0.25) is 14.9 Å². The van der Waals surface area contributed by atoms with E-state index in [1.165, 1.54) is 12.1 Å². The van der Waals surface area contributed by atoms with Crippen molar-refractivity contribution in [3.63, 3.8) is 0 Å². The highest BCUT2D eigenvalue weighted by Crippen LogP contribution is 2.34. The van der Waals surface area contributed by atoms with E-state index in [4.69, 9.17) is 21.3 Å². The largest absolute Gasteiger partial charge is 0.440 e. The molecule has 33 heavy (non-hydrogen) atoms. The van der Waals surface area contributed by atoms with Gasteiger partial charge >= 0.3 is 0 Å². The zero-order valence-corrected chi connectivity index (χ0v) is 18.2. The number of amides is 1. The normalized spacial score (nSPS) is 10.9. The Bertz CT molecular complexity index is 1670. The molecule has 5 rings (SSSR count). The van der Waals surface area contributed by atoms with Gasteiger partial charge in [0.1, 0.15) is 5.58 Å². The molecular formula is C26H16ClN3O3. The first-order valence-electron chi connectivity index (χ1n) is 10.1. The van der Waals surface area contributed by atoms with E-state index in [1.54, 1.807) is 30.3 Å². The first-order valence-corrected chi connectivity index (χ1v) is 10.4. The molecule has 3 aromatic carbocycles. The second-order valence-electron chi connectivity index (χ2n) is 7.65. The Morgan fingerprint density at radius 1 is 1.09 bits per heavy atom. The molecule has 0 unspecified atom stereocenters. The lowest BCUT2D eigenvalue weighted by Gasteiger charge is -2.09. The fourth-order valence-electron chi connectivity index (χ4n) is 3.82. The maximum absolute atomic E-state index is 12.8. The third-order valence-electron chi connectivity index (χ3n) is 5.50. The minimum absolute atomic E-state index is 0.00520. The summed E-state index contributed by atoms with van der Waals surface area (Å²) < 4.78 is 7.78. The molecular weight excluding hydrogens is 438 g/mol. The summed E-state index contributed by atoms with van der Waals surface area (Å²) in [5.74, 6) is -0.497. The van der Waals surface area contributed by atoms with E-state index in [-0.39, 0.29) is 22.5 Å². The van der Waals surface area contributed by atoms with Crippen LogP contribution < -0.4 is 10.7 Å². The molecule has 0 atom stereocenters. The zero-order valence-electron chi connectivity index (χ0n) is 17.4. The van der Waals surface area contributed by atoms with Crippen LogP contribution in [0.5, 0.6) is 0 Å². The highest BCUT2D eigenvalue weighted by atomic mass is 35.5. The van der Waals surface area contributed by atoms with E-state index in [0.717, 1.165) is 16.5 Å². The highest BCUT2D eigenvalue weighted by molar-refractivity contribution is 6.34. The van der Waals surface area contributed by atoms with Crippen molar-refractivity contribution in [1.29, 1.82) is 5.26 Å². The molecule has 7 heteroatoms. The smallest absolute Gasteiger partial charge is 0.258 e. The van der Waals surface area contributed by atoms with E-state index < -0.39 is 5.91 Å². The van der Waals surface area contributed by atoms with Crippen molar-refractivity contribution in [3.05, 3.63) is 99.3 Å². The highest BCUT2D eigenvalue weighted by Gasteiger charge is 2.14. The van der Waals surface area contributed by atoms with Gasteiger partial charge in [0.15, 0.2) is 5.43 Å². The maximum atomic E-state index is 12.8. The van der Waals surface area contributed by atoms with E-state index >= 15 is 0 Å². The van der Waals surface area contributed by atoms with Gasteiger partial charge in [-0.05, 0) is 48.0 Å². The average Bonchev–Trinajstić information content (AvgIpc) is 3.18. The number of nitrogens with zero attached hydrogens (tertiary/aromatic N) is 2. The molecule has 0 saturated heterocycles. The summed E-state index contributed by atoms with van der Waals surface area (Å²) in [5.41, 5.74) is 3.28. The Hall–Kier alpha value is -4.34. The monoisotopic (exact) mass is 453 g/mol. The lowest BCUT2D eigenvalue weighted by Crippen LogP contribution is -2.14. The van der Waals surface area contributed by atoms with Gasteiger partial charge in [-0.2, -0.15) is 5.26 Å². The first kappa shape index (κ1) is 20.6. The maximum Gasteiger partial charge on any atom is 0.258 e. The van der Waals surface area contributed by atoms with Crippen molar-refractivity contribution in [3.8, 4) is 17.2 Å². The van der Waals surface area contributed by atoms with Crippen LogP contribution in [0, 0.1) is 11.3 Å². The van der Waals surface area contributed by atoms with E-state index in [2.05, 4.69) is 5.32 Å². The van der Waals surface area contributed by atoms with Crippen LogP contribution in [0.1, 0.15) is 15.9 Å². The number of carbonyl (C=O) groups excluding carboxylic acids is 1. The van der Waals surface area contributed by atoms with Gasteiger partial charge in [0.2, 0.25) is 5.88 Å². The van der Waals surface area contributed by atoms with Crippen molar-refractivity contribution in [1.82, 2.24) is 4.57 Å². The van der Waals surface area contributed by atoms with E-state index in [0.29, 0.717) is 21.5 Å². The van der Waals surface area contributed by atoms with Crippen molar-refractivity contribution >= 4 is 45.3 Å². The number of aryl methyl sites for hydroxylation is 1. The molecule has 5 aromatic rings. The summed E-state index contributed by atoms with van der Waals surface area (Å²) in [6.45, 7) is 0. The Morgan fingerprint density at radius 2 is 1.94 bits per heavy atom. The summed E-state index contributed by atoms with van der Waals surface area (Å²) in [5, 5.41) is 13.4. The predicted octanol–water partition coefficient (Wildman–Crippen LogP) is 5.73. The molecule has 2 aromatic heterocycles. The second kappa shape index (κ2) is 7.97. The van der Waals surface area contributed by atoms with Crippen LogP contribution in [-0.4, -0.2) is 10.5 Å². The van der Waals surface area contributed by atoms with Crippen molar-refractivity contribution < 1.29 is 9.21 Å². The minimum Gasteiger partial charge on any atom is -0.440 e. The fraction of sp³-hybridized carbons (Fsp3) is 0.0385. The summed E-state index contributed by atoms with van der Waals surface area (Å²) in [4.78, 5) is 25.4. The Labute approximate surface area is 193 Å². The molecule has 0 bridgehead atoms. The molecule has 0 aliphatic rings. The third-order valence-corrected chi connectivity index (χ3v) is 5.82. The van der Waals surface area contributed by atoms with E-state index in [9.17, 15) is 9.59 Å². The van der Waals surface area contributed by atoms with Gasteiger partial charge in [-0.15, -0.1) is 0 Å². The van der Waals surface area contributed by atoms with Crippen LogP contribution in [-0.2, 0) is 7.05 Å². The number of benzene rings is 3. The van der Waals surface area contributed by atoms with Gasteiger partial charge in [-0.1, -0.05) is 23.7 Å². The second-order valence-corrected chi connectivity index (χ2v) is 8.06. The summed E-state index contributed by atoms with van der Waals surface area (Å²) in [6, 6.07) is 20.7. The topological polar surface area (TPSA) is 88.0 Å². The summed E-state index contributed by atoms with van der Waals surface area (Å²) in [7, 11) is 1.98. The molecule has 0 aliphatic carbocycles. The van der Waals surface area contributed by atoms with Crippen molar-refractivity contribution in [2.24, 2.45) is 7.05 Å². The number of carbonyl (C=O) groups is 1. The number of rotatable bonds is 3. The average molecular weight is 454 g/mol. The van der Waals surface area contributed by atoms with Crippen LogP contribution in [0.25, 0.3) is 33.0 Å². The van der Waals surface area contributed by atoms with E-state index in [1.807, 2.05) is 48.1 Å². The van der Waals surface area contributed by atoms with Crippen LogP contribution >= 0.6 is 11.6 Å². The Balaban J connectivity index is 1.52. The molecule has 160 valence electrons. The van der Waals surface area contributed by atoms with Gasteiger partial charge in [0.25, 0.3) is 5.91 Å². The molecule has 2 heterocycles. The van der Waals surface area contributed by atoms with Crippen LogP contribution in [0.2, 0.25) is 5.02 Å². The van der Waals surface area contributed by atoms with Crippen LogP contribution in [0.3, 0.4) is 0 Å². The van der Waals surface area contributed by atoms with Gasteiger partial charge in [0.05, 0.1) is 22.0 Å².